The average molecular weight is 364 g/mol. The first-order valence-electron chi connectivity index (χ1n) is 9.75. The molecule has 27 heavy (non-hydrogen) atoms. The second kappa shape index (κ2) is 8.85. The molecule has 4 nitrogen and oxygen atoms in total. The Morgan fingerprint density at radius 1 is 0.963 bits per heavy atom. The molecule has 1 fully saturated rings. The number of rotatable bonds is 5. The van der Waals surface area contributed by atoms with Crippen LogP contribution in [0, 0.1) is 5.92 Å². The van der Waals surface area contributed by atoms with Crippen LogP contribution in [0.2, 0.25) is 0 Å². The van der Waals surface area contributed by atoms with Gasteiger partial charge in [-0.15, -0.1) is 0 Å². The number of piperidine rings is 1. The van der Waals surface area contributed by atoms with Gasteiger partial charge in [0.05, 0.1) is 0 Å². The van der Waals surface area contributed by atoms with Crippen molar-refractivity contribution in [2.45, 2.75) is 39.3 Å². The number of amides is 2. The number of carbonyl (C=O) groups excluding carboxylic acids is 2. The summed E-state index contributed by atoms with van der Waals surface area (Å²) in [4.78, 5) is 29.5. The van der Waals surface area contributed by atoms with E-state index in [0.29, 0.717) is 19.6 Å². The van der Waals surface area contributed by atoms with Crippen molar-refractivity contribution < 1.29 is 9.59 Å². The van der Waals surface area contributed by atoms with Gasteiger partial charge >= 0.3 is 0 Å². The summed E-state index contributed by atoms with van der Waals surface area (Å²) in [5.74, 6) is 0.267. The maximum absolute atomic E-state index is 13.1. The summed E-state index contributed by atoms with van der Waals surface area (Å²) in [7, 11) is 0. The predicted octanol–water partition coefficient (Wildman–Crippen LogP) is 3.98. The van der Waals surface area contributed by atoms with Gasteiger partial charge in [-0.1, -0.05) is 48.5 Å². The monoisotopic (exact) mass is 364 g/mol. The third kappa shape index (κ3) is 4.76. The molecule has 0 aliphatic carbocycles. The summed E-state index contributed by atoms with van der Waals surface area (Å²) in [6.07, 6.45) is 1.46. The molecule has 1 heterocycles. The van der Waals surface area contributed by atoms with Crippen molar-refractivity contribution in [1.29, 1.82) is 0 Å². The fourth-order valence-electron chi connectivity index (χ4n) is 3.62. The van der Waals surface area contributed by atoms with E-state index >= 15 is 0 Å². The Morgan fingerprint density at radius 3 is 2.07 bits per heavy atom. The second-order valence-electron chi connectivity index (χ2n) is 7.48. The quantitative estimate of drug-likeness (QED) is 0.805. The van der Waals surface area contributed by atoms with E-state index in [2.05, 4.69) is 26.0 Å². The third-order valence-electron chi connectivity index (χ3n) is 5.25. The molecule has 3 rings (SSSR count). The van der Waals surface area contributed by atoms with Crippen molar-refractivity contribution in [3.8, 4) is 0 Å². The number of hydrogen-bond donors (Lipinski definition) is 0. The van der Waals surface area contributed by atoms with Crippen molar-refractivity contribution in [3.05, 3.63) is 71.8 Å². The molecule has 0 N–H and O–H groups in total. The highest BCUT2D eigenvalue weighted by atomic mass is 16.2. The Balaban J connectivity index is 1.60. The first-order valence-corrected chi connectivity index (χ1v) is 9.75. The first kappa shape index (κ1) is 19.2. The molecule has 1 aliphatic heterocycles. The fraction of sp³-hybridized carbons (Fsp3) is 0.391. The lowest BCUT2D eigenvalue weighted by molar-refractivity contribution is -0.139. The third-order valence-corrected chi connectivity index (χ3v) is 5.25. The van der Waals surface area contributed by atoms with Crippen LogP contribution in [0.1, 0.15) is 42.6 Å². The molecular weight excluding hydrogens is 336 g/mol. The summed E-state index contributed by atoms with van der Waals surface area (Å²) in [6.45, 7) is 6.05. The Labute approximate surface area is 161 Å². The molecule has 1 aliphatic rings. The molecule has 2 aromatic carbocycles. The fourth-order valence-corrected chi connectivity index (χ4v) is 3.62. The van der Waals surface area contributed by atoms with E-state index in [1.54, 1.807) is 0 Å². The van der Waals surface area contributed by atoms with Crippen LogP contribution in [0.4, 0.5) is 0 Å². The lowest BCUT2D eigenvalue weighted by Crippen LogP contribution is -2.46. The molecular formula is C23H28N2O2. The maximum Gasteiger partial charge on any atom is 0.253 e. The highest BCUT2D eigenvalue weighted by Gasteiger charge is 2.31. The van der Waals surface area contributed by atoms with Crippen LogP contribution >= 0.6 is 0 Å². The van der Waals surface area contributed by atoms with Crippen molar-refractivity contribution in [2.75, 3.05) is 13.1 Å². The Hall–Kier alpha value is -2.62. The van der Waals surface area contributed by atoms with Gasteiger partial charge < -0.3 is 9.80 Å². The minimum Gasteiger partial charge on any atom is -0.339 e. The smallest absolute Gasteiger partial charge is 0.253 e. The molecule has 4 heteroatoms. The van der Waals surface area contributed by atoms with Gasteiger partial charge in [-0.25, -0.2) is 0 Å². The van der Waals surface area contributed by atoms with E-state index in [9.17, 15) is 9.59 Å². The van der Waals surface area contributed by atoms with Crippen molar-refractivity contribution in [2.24, 2.45) is 5.92 Å². The SMILES string of the molecule is CC(C)N(Cc1ccccc1)C(=O)C1CCN(C(=O)c2ccccc2)CC1. The first-order chi connectivity index (χ1) is 13.1. The van der Waals surface area contributed by atoms with E-state index < -0.39 is 0 Å². The van der Waals surface area contributed by atoms with Gasteiger partial charge in [0, 0.05) is 37.2 Å². The Kier molecular flexibility index (Phi) is 6.28. The van der Waals surface area contributed by atoms with Crippen LogP contribution in [-0.4, -0.2) is 40.7 Å². The summed E-state index contributed by atoms with van der Waals surface area (Å²) in [5.41, 5.74) is 1.87. The van der Waals surface area contributed by atoms with Gasteiger partial charge in [0.15, 0.2) is 0 Å². The van der Waals surface area contributed by atoms with Gasteiger partial charge in [-0.3, -0.25) is 9.59 Å². The van der Waals surface area contributed by atoms with E-state index in [0.717, 1.165) is 24.0 Å². The molecule has 0 radical (unpaired) electrons. The molecule has 1 saturated heterocycles. The van der Waals surface area contributed by atoms with Crippen LogP contribution < -0.4 is 0 Å². The molecule has 0 aromatic heterocycles. The summed E-state index contributed by atoms with van der Waals surface area (Å²) in [5, 5.41) is 0. The van der Waals surface area contributed by atoms with Gasteiger partial charge in [-0.2, -0.15) is 0 Å². The lowest BCUT2D eigenvalue weighted by Gasteiger charge is -2.36. The van der Waals surface area contributed by atoms with E-state index in [4.69, 9.17) is 0 Å². The minimum absolute atomic E-state index is 0.00376. The van der Waals surface area contributed by atoms with Gasteiger partial charge in [0.25, 0.3) is 5.91 Å². The molecule has 0 bridgehead atoms. The summed E-state index contributed by atoms with van der Waals surface area (Å²) in [6, 6.07) is 19.6. The van der Waals surface area contributed by atoms with Gasteiger partial charge in [0.2, 0.25) is 5.91 Å². The zero-order valence-corrected chi connectivity index (χ0v) is 16.2. The molecule has 0 spiro atoms. The molecule has 2 aromatic rings. The highest BCUT2D eigenvalue weighted by Crippen LogP contribution is 2.23. The summed E-state index contributed by atoms with van der Waals surface area (Å²) >= 11 is 0. The van der Waals surface area contributed by atoms with Crippen LogP contribution in [0.25, 0.3) is 0 Å². The van der Waals surface area contributed by atoms with Crippen LogP contribution in [0.5, 0.6) is 0 Å². The lowest BCUT2D eigenvalue weighted by atomic mass is 9.94. The van der Waals surface area contributed by atoms with Gasteiger partial charge in [-0.05, 0) is 44.4 Å². The zero-order chi connectivity index (χ0) is 19.2. The van der Waals surface area contributed by atoms with E-state index in [1.807, 2.05) is 58.3 Å². The minimum atomic E-state index is -0.00376. The number of carbonyl (C=O) groups is 2. The Bertz CT molecular complexity index is 750. The normalized spacial score (nSPS) is 15.0. The van der Waals surface area contributed by atoms with Gasteiger partial charge in [0.1, 0.15) is 0 Å². The zero-order valence-electron chi connectivity index (χ0n) is 16.2. The van der Waals surface area contributed by atoms with Crippen molar-refractivity contribution >= 4 is 11.8 Å². The molecule has 2 amide bonds. The maximum atomic E-state index is 13.1. The van der Waals surface area contributed by atoms with Crippen molar-refractivity contribution in [1.82, 2.24) is 9.80 Å². The van der Waals surface area contributed by atoms with Crippen LogP contribution in [-0.2, 0) is 11.3 Å². The van der Waals surface area contributed by atoms with E-state index in [1.165, 1.54) is 0 Å². The topological polar surface area (TPSA) is 40.6 Å². The predicted molar refractivity (Wildman–Crippen MR) is 107 cm³/mol. The van der Waals surface area contributed by atoms with Crippen LogP contribution in [0.15, 0.2) is 60.7 Å². The number of nitrogens with zero attached hydrogens (tertiary/aromatic N) is 2. The highest BCUT2D eigenvalue weighted by molar-refractivity contribution is 5.94. The second-order valence-corrected chi connectivity index (χ2v) is 7.48. The molecule has 0 atom stereocenters. The molecule has 0 unspecified atom stereocenters. The average Bonchev–Trinajstić information content (AvgIpc) is 2.72. The number of benzene rings is 2. The molecule has 0 saturated carbocycles. The molecule has 142 valence electrons. The standard InChI is InChI=1S/C23H28N2O2/c1-18(2)25(17-19-9-5-3-6-10-19)23(27)21-13-15-24(16-14-21)22(26)20-11-7-4-8-12-20/h3-12,18,21H,13-17H2,1-2H3. The Morgan fingerprint density at radius 2 is 1.52 bits per heavy atom. The summed E-state index contributed by atoms with van der Waals surface area (Å²) < 4.78 is 0. The number of likely N-dealkylation sites (tertiary alicyclic amines) is 1. The van der Waals surface area contributed by atoms with Crippen molar-refractivity contribution in [3.63, 3.8) is 0 Å². The van der Waals surface area contributed by atoms with E-state index in [-0.39, 0.29) is 23.8 Å². The number of hydrogen-bond acceptors (Lipinski definition) is 2. The van der Waals surface area contributed by atoms with Crippen LogP contribution in [0.3, 0.4) is 0 Å². The largest absolute Gasteiger partial charge is 0.339 e.